The van der Waals surface area contributed by atoms with Crippen LogP contribution in [0.1, 0.15) is 17.9 Å². The molecule has 3 heteroatoms. The van der Waals surface area contributed by atoms with Gasteiger partial charge in [0, 0.05) is 31.7 Å². The van der Waals surface area contributed by atoms with Crippen molar-refractivity contribution in [2.75, 3.05) is 38.7 Å². The van der Waals surface area contributed by atoms with Crippen molar-refractivity contribution in [1.82, 2.24) is 5.32 Å². The molecular weight excluding hydrogens is 212 g/mol. The van der Waals surface area contributed by atoms with E-state index in [1.807, 2.05) is 0 Å². The van der Waals surface area contributed by atoms with E-state index in [-0.39, 0.29) is 0 Å². The summed E-state index contributed by atoms with van der Waals surface area (Å²) in [6.45, 7) is 3.46. The van der Waals surface area contributed by atoms with E-state index in [2.05, 4.69) is 35.5 Å². The second-order valence-electron chi connectivity index (χ2n) is 5.16. The minimum absolute atomic E-state index is 0.657. The Balaban J connectivity index is 2.03. The molecule has 0 saturated carbocycles. The lowest BCUT2D eigenvalue weighted by Gasteiger charge is -2.42. The van der Waals surface area contributed by atoms with Crippen LogP contribution >= 0.6 is 0 Å². The molecule has 0 aliphatic carbocycles. The van der Waals surface area contributed by atoms with Crippen LogP contribution in [0, 0.1) is 5.92 Å². The Morgan fingerprint density at radius 3 is 3.12 bits per heavy atom. The molecule has 17 heavy (non-hydrogen) atoms. The second kappa shape index (κ2) is 4.22. The molecule has 0 bridgehead atoms. The molecule has 1 aromatic carbocycles. The monoisotopic (exact) mass is 232 g/mol. The van der Waals surface area contributed by atoms with Crippen LogP contribution in [0.5, 0.6) is 5.75 Å². The predicted molar refractivity (Wildman–Crippen MR) is 70.0 cm³/mol. The number of nitrogens with zero attached hydrogens (tertiary/aromatic N) is 1. The van der Waals surface area contributed by atoms with Gasteiger partial charge in [0.15, 0.2) is 0 Å². The fourth-order valence-electron chi connectivity index (χ4n) is 3.25. The lowest BCUT2D eigenvalue weighted by Crippen LogP contribution is -2.44. The fourth-order valence-corrected chi connectivity index (χ4v) is 3.25. The zero-order valence-corrected chi connectivity index (χ0v) is 10.6. The molecule has 1 saturated heterocycles. The molecule has 0 aromatic heterocycles. The van der Waals surface area contributed by atoms with E-state index < -0.39 is 0 Å². The van der Waals surface area contributed by atoms with Crippen LogP contribution in [0.15, 0.2) is 18.2 Å². The lowest BCUT2D eigenvalue weighted by atomic mass is 9.77. The molecule has 1 N–H and O–H groups in total. The van der Waals surface area contributed by atoms with E-state index in [1.165, 1.54) is 24.2 Å². The number of piperidine rings is 1. The van der Waals surface area contributed by atoms with Crippen LogP contribution in [-0.2, 0) is 0 Å². The Bertz CT molecular complexity index is 419. The maximum atomic E-state index is 5.36. The number of rotatable bonds is 1. The van der Waals surface area contributed by atoms with Gasteiger partial charge in [0.05, 0.1) is 7.11 Å². The Morgan fingerprint density at radius 2 is 2.29 bits per heavy atom. The zero-order valence-electron chi connectivity index (χ0n) is 10.6. The number of fused-ring (bicyclic) bond motifs is 3. The van der Waals surface area contributed by atoms with Crippen LogP contribution in [-0.4, -0.2) is 33.8 Å². The molecule has 2 heterocycles. The van der Waals surface area contributed by atoms with Gasteiger partial charge < -0.3 is 15.0 Å². The smallest absolute Gasteiger partial charge is 0.119 e. The summed E-state index contributed by atoms with van der Waals surface area (Å²) in [6, 6.07) is 6.47. The van der Waals surface area contributed by atoms with Crippen molar-refractivity contribution in [3.63, 3.8) is 0 Å². The molecule has 1 aromatic rings. The van der Waals surface area contributed by atoms with E-state index in [4.69, 9.17) is 4.74 Å². The molecule has 2 unspecified atom stereocenters. The Hall–Kier alpha value is -1.22. The van der Waals surface area contributed by atoms with Crippen molar-refractivity contribution in [3.8, 4) is 5.75 Å². The van der Waals surface area contributed by atoms with E-state index in [9.17, 15) is 0 Å². The topological polar surface area (TPSA) is 24.5 Å². The highest BCUT2D eigenvalue weighted by molar-refractivity contribution is 5.59. The summed E-state index contributed by atoms with van der Waals surface area (Å²) >= 11 is 0. The minimum Gasteiger partial charge on any atom is -0.497 e. The van der Waals surface area contributed by atoms with E-state index in [1.54, 1.807) is 7.11 Å². The SMILES string of the molecule is COc1ccc2c(c1)C1CNCCC1CN2C. The van der Waals surface area contributed by atoms with Gasteiger partial charge in [-0.2, -0.15) is 0 Å². The lowest BCUT2D eigenvalue weighted by molar-refractivity contribution is 0.315. The largest absolute Gasteiger partial charge is 0.497 e. The molecule has 0 amide bonds. The Labute approximate surface area is 103 Å². The number of anilines is 1. The number of hydrogen-bond acceptors (Lipinski definition) is 3. The molecule has 1 fully saturated rings. The van der Waals surface area contributed by atoms with Gasteiger partial charge in [0.1, 0.15) is 5.75 Å². The third-order valence-corrected chi connectivity index (χ3v) is 4.18. The Kier molecular flexibility index (Phi) is 2.71. The molecule has 3 nitrogen and oxygen atoms in total. The van der Waals surface area contributed by atoms with Crippen molar-refractivity contribution >= 4 is 5.69 Å². The number of ether oxygens (including phenoxy) is 1. The van der Waals surface area contributed by atoms with Gasteiger partial charge in [-0.1, -0.05) is 0 Å². The third kappa shape index (κ3) is 1.78. The zero-order chi connectivity index (χ0) is 11.8. The molecule has 2 aliphatic rings. The first-order valence-corrected chi connectivity index (χ1v) is 6.39. The van der Waals surface area contributed by atoms with Gasteiger partial charge in [-0.25, -0.2) is 0 Å². The van der Waals surface area contributed by atoms with Crippen LogP contribution in [0.2, 0.25) is 0 Å². The summed E-state index contributed by atoms with van der Waals surface area (Å²) in [6.07, 6.45) is 1.28. The highest BCUT2D eigenvalue weighted by Crippen LogP contribution is 2.41. The first kappa shape index (κ1) is 10.9. The molecular formula is C14H20N2O. The summed E-state index contributed by atoms with van der Waals surface area (Å²) in [5.41, 5.74) is 2.83. The normalized spacial score (nSPS) is 27.3. The average molecular weight is 232 g/mol. The van der Waals surface area contributed by atoms with Gasteiger partial charge in [-0.05, 0) is 42.6 Å². The number of hydrogen-bond donors (Lipinski definition) is 1. The number of benzene rings is 1. The van der Waals surface area contributed by atoms with Crippen molar-refractivity contribution in [1.29, 1.82) is 0 Å². The summed E-state index contributed by atoms with van der Waals surface area (Å²) in [5.74, 6) is 2.43. The fraction of sp³-hybridized carbons (Fsp3) is 0.571. The van der Waals surface area contributed by atoms with Gasteiger partial charge in [0.2, 0.25) is 0 Å². The first-order valence-electron chi connectivity index (χ1n) is 6.39. The maximum Gasteiger partial charge on any atom is 0.119 e. The third-order valence-electron chi connectivity index (χ3n) is 4.18. The molecule has 3 rings (SSSR count). The Morgan fingerprint density at radius 1 is 1.41 bits per heavy atom. The molecule has 0 spiro atoms. The summed E-state index contributed by atoms with van der Waals surface area (Å²) in [5, 5.41) is 3.52. The minimum atomic E-state index is 0.657. The van der Waals surface area contributed by atoms with Gasteiger partial charge in [-0.3, -0.25) is 0 Å². The molecule has 92 valence electrons. The quantitative estimate of drug-likeness (QED) is 0.799. The maximum absolute atomic E-state index is 5.36. The van der Waals surface area contributed by atoms with Crippen LogP contribution in [0.25, 0.3) is 0 Å². The van der Waals surface area contributed by atoms with Gasteiger partial charge >= 0.3 is 0 Å². The van der Waals surface area contributed by atoms with E-state index in [0.29, 0.717) is 5.92 Å². The standard InChI is InChI=1S/C14H20N2O/c1-16-9-10-5-6-15-8-13(10)12-7-11(17-2)3-4-14(12)16/h3-4,7,10,13,15H,5-6,8-9H2,1-2H3. The highest BCUT2D eigenvalue weighted by Gasteiger charge is 2.33. The van der Waals surface area contributed by atoms with Crippen molar-refractivity contribution < 1.29 is 4.74 Å². The molecule has 2 atom stereocenters. The van der Waals surface area contributed by atoms with E-state index in [0.717, 1.165) is 24.8 Å². The molecule has 2 aliphatic heterocycles. The molecule has 0 radical (unpaired) electrons. The second-order valence-corrected chi connectivity index (χ2v) is 5.16. The van der Waals surface area contributed by atoms with Crippen molar-refractivity contribution in [3.05, 3.63) is 23.8 Å². The van der Waals surface area contributed by atoms with Crippen molar-refractivity contribution in [2.45, 2.75) is 12.3 Å². The first-order chi connectivity index (χ1) is 8.29. The van der Waals surface area contributed by atoms with Crippen LogP contribution in [0.3, 0.4) is 0 Å². The predicted octanol–water partition coefficient (Wildman–Crippen LogP) is 1.84. The number of nitrogens with one attached hydrogen (secondary N) is 1. The van der Waals surface area contributed by atoms with Gasteiger partial charge in [-0.15, -0.1) is 0 Å². The summed E-state index contributed by atoms with van der Waals surface area (Å²) in [7, 11) is 3.94. The van der Waals surface area contributed by atoms with Crippen LogP contribution < -0.4 is 15.0 Å². The summed E-state index contributed by atoms with van der Waals surface area (Å²) in [4.78, 5) is 2.39. The summed E-state index contributed by atoms with van der Waals surface area (Å²) < 4.78 is 5.36. The van der Waals surface area contributed by atoms with Crippen LogP contribution in [0.4, 0.5) is 5.69 Å². The average Bonchev–Trinajstić information content (AvgIpc) is 2.38. The van der Waals surface area contributed by atoms with E-state index >= 15 is 0 Å². The highest BCUT2D eigenvalue weighted by atomic mass is 16.5. The van der Waals surface area contributed by atoms with Gasteiger partial charge in [0.25, 0.3) is 0 Å². The number of methoxy groups -OCH3 is 1. The van der Waals surface area contributed by atoms with Crippen molar-refractivity contribution in [2.24, 2.45) is 5.92 Å².